The lowest BCUT2D eigenvalue weighted by molar-refractivity contribution is 0.0578. The van der Waals surface area contributed by atoms with Gasteiger partial charge in [0.15, 0.2) is 0 Å². The van der Waals surface area contributed by atoms with E-state index in [-0.39, 0.29) is 11.9 Å². The molecule has 0 N–H and O–H groups in total. The fourth-order valence-electron chi connectivity index (χ4n) is 3.69. The molecule has 0 radical (unpaired) electrons. The van der Waals surface area contributed by atoms with Crippen molar-refractivity contribution in [2.24, 2.45) is 0 Å². The first-order valence-corrected chi connectivity index (χ1v) is 14.4. The van der Waals surface area contributed by atoms with E-state index in [1.807, 2.05) is 133 Å². The summed E-state index contributed by atoms with van der Waals surface area (Å²) in [5, 5.41) is 0. The Kier molecular flexibility index (Phi) is 9.23. The molecule has 0 spiro atoms. The summed E-state index contributed by atoms with van der Waals surface area (Å²) in [4.78, 5) is 14.9. The van der Waals surface area contributed by atoms with Crippen molar-refractivity contribution in [2.45, 2.75) is 15.5 Å². The summed E-state index contributed by atoms with van der Waals surface area (Å²) in [6.45, 7) is 0. The Morgan fingerprint density at radius 1 is 0.513 bits per heavy atom. The smallest absolute Gasteiger partial charge is 0.339 e. The summed E-state index contributed by atoms with van der Waals surface area (Å²) in [5.74, 6) is 3.69. The molecule has 0 aliphatic heterocycles. The summed E-state index contributed by atoms with van der Waals surface area (Å²) in [5.41, 5.74) is 1.52. The maximum absolute atomic E-state index is 12.9. The minimum atomic E-state index is -0.325. The van der Waals surface area contributed by atoms with Crippen LogP contribution >= 0.6 is 23.5 Å². The van der Waals surface area contributed by atoms with Crippen LogP contribution < -0.4 is 9.47 Å². The number of carbonyl (C=O) groups excluding carboxylic acids is 1. The Balaban J connectivity index is 1.11. The molecule has 5 aromatic carbocycles. The number of para-hydroxylation sites is 2. The number of carbonyl (C=O) groups is 1. The number of esters is 1. The average Bonchev–Trinajstić information content (AvgIpc) is 2.99. The Morgan fingerprint density at radius 2 is 0.974 bits per heavy atom. The lowest BCUT2D eigenvalue weighted by Gasteiger charge is -2.10. The Labute approximate surface area is 237 Å². The second kappa shape index (κ2) is 13.6. The molecule has 6 heteroatoms. The van der Waals surface area contributed by atoms with Crippen LogP contribution in [-0.4, -0.2) is 11.9 Å². The maximum Gasteiger partial charge on any atom is 0.339 e. The molecule has 0 fully saturated rings. The quantitative estimate of drug-likeness (QED) is 0.0927. The first kappa shape index (κ1) is 26.5. The Hall–Kier alpha value is -4.13. The van der Waals surface area contributed by atoms with Crippen molar-refractivity contribution in [1.29, 1.82) is 0 Å². The van der Waals surface area contributed by atoms with Gasteiger partial charge in [0.1, 0.15) is 28.9 Å². The first-order chi connectivity index (χ1) is 19.2. The van der Waals surface area contributed by atoms with Crippen molar-refractivity contribution in [3.05, 3.63) is 145 Å². The van der Waals surface area contributed by atoms with Gasteiger partial charge in [-0.05, 0) is 84.4 Å². The van der Waals surface area contributed by atoms with Crippen LogP contribution in [0.3, 0.4) is 0 Å². The largest absolute Gasteiger partial charge is 0.457 e. The molecule has 0 unspecified atom stereocenters. The van der Waals surface area contributed by atoms with Crippen LogP contribution in [0, 0.1) is 0 Å². The van der Waals surface area contributed by atoms with Gasteiger partial charge < -0.3 is 14.2 Å². The summed E-state index contributed by atoms with van der Waals surface area (Å²) in [6.07, 6.45) is 0. The van der Waals surface area contributed by atoms with Gasteiger partial charge in [-0.1, -0.05) is 66.4 Å². The molecule has 0 heterocycles. The standard InChI is InChI=1S/C33H26O4S2/c34-33(35-24-39-31-21-17-29(18-22-31)37-27-12-5-2-6-13-27)32-14-8-7-9-25(32)23-38-30-19-15-28(16-20-30)36-26-10-3-1-4-11-26/h1-22H,23-24H2. The number of benzene rings is 5. The van der Waals surface area contributed by atoms with E-state index in [2.05, 4.69) is 0 Å². The fraction of sp³-hybridized carbons (Fsp3) is 0.0606. The lowest BCUT2D eigenvalue weighted by atomic mass is 10.1. The average molecular weight is 551 g/mol. The molecule has 39 heavy (non-hydrogen) atoms. The second-order valence-corrected chi connectivity index (χ2v) is 10.5. The maximum atomic E-state index is 12.9. The van der Waals surface area contributed by atoms with Crippen molar-refractivity contribution in [3.63, 3.8) is 0 Å². The van der Waals surface area contributed by atoms with Crippen molar-refractivity contribution >= 4 is 29.5 Å². The highest BCUT2D eigenvalue weighted by Crippen LogP contribution is 2.29. The topological polar surface area (TPSA) is 44.8 Å². The molecule has 0 amide bonds. The molecule has 0 bridgehead atoms. The molecule has 0 aliphatic carbocycles. The molecule has 194 valence electrons. The Morgan fingerprint density at radius 3 is 1.54 bits per heavy atom. The van der Waals surface area contributed by atoms with Crippen molar-refractivity contribution < 1.29 is 19.0 Å². The third-order valence-electron chi connectivity index (χ3n) is 5.65. The van der Waals surface area contributed by atoms with E-state index in [1.165, 1.54) is 11.8 Å². The third-order valence-corrected chi connectivity index (χ3v) is 7.55. The van der Waals surface area contributed by atoms with E-state index in [9.17, 15) is 4.79 Å². The molecular weight excluding hydrogens is 524 g/mol. The van der Waals surface area contributed by atoms with E-state index in [0.717, 1.165) is 38.4 Å². The molecule has 0 atom stereocenters. The Bertz CT molecular complexity index is 1470. The van der Waals surface area contributed by atoms with E-state index in [1.54, 1.807) is 11.8 Å². The predicted octanol–water partition coefficient (Wildman–Crippen LogP) is 9.47. The van der Waals surface area contributed by atoms with Gasteiger partial charge in [-0.3, -0.25) is 0 Å². The highest BCUT2D eigenvalue weighted by atomic mass is 32.2. The van der Waals surface area contributed by atoms with Crippen molar-refractivity contribution in [2.75, 3.05) is 5.94 Å². The minimum Gasteiger partial charge on any atom is -0.457 e. The molecular formula is C33H26O4S2. The van der Waals surface area contributed by atoms with Crippen LogP contribution in [0.4, 0.5) is 0 Å². The van der Waals surface area contributed by atoms with E-state index in [4.69, 9.17) is 14.2 Å². The van der Waals surface area contributed by atoms with Crippen LogP contribution in [0.5, 0.6) is 23.0 Å². The predicted molar refractivity (Wildman–Crippen MR) is 158 cm³/mol. The summed E-state index contributed by atoms with van der Waals surface area (Å²) in [6, 6.07) is 42.6. The van der Waals surface area contributed by atoms with Gasteiger partial charge in [0, 0.05) is 15.5 Å². The van der Waals surface area contributed by atoms with E-state index >= 15 is 0 Å². The highest BCUT2D eigenvalue weighted by molar-refractivity contribution is 7.99. The normalized spacial score (nSPS) is 10.6. The molecule has 5 aromatic rings. The van der Waals surface area contributed by atoms with Gasteiger partial charge in [-0.2, -0.15) is 0 Å². The monoisotopic (exact) mass is 550 g/mol. The van der Waals surface area contributed by atoms with E-state index < -0.39 is 0 Å². The zero-order valence-electron chi connectivity index (χ0n) is 21.1. The second-order valence-electron chi connectivity index (χ2n) is 8.41. The SMILES string of the molecule is O=C(OCSc1ccc(Oc2ccccc2)cc1)c1ccccc1CSc1ccc(Oc2ccccc2)cc1. The fourth-order valence-corrected chi connectivity index (χ4v) is 5.23. The molecule has 5 rings (SSSR count). The zero-order chi connectivity index (χ0) is 26.7. The molecule has 0 saturated heterocycles. The van der Waals surface area contributed by atoms with Crippen molar-refractivity contribution in [1.82, 2.24) is 0 Å². The number of rotatable bonds is 11. The molecule has 4 nitrogen and oxygen atoms in total. The van der Waals surface area contributed by atoms with Crippen LogP contribution in [0.15, 0.2) is 143 Å². The minimum absolute atomic E-state index is 0.224. The highest BCUT2D eigenvalue weighted by Gasteiger charge is 2.13. The van der Waals surface area contributed by atoms with Gasteiger partial charge in [0.05, 0.1) is 5.56 Å². The van der Waals surface area contributed by atoms with Gasteiger partial charge >= 0.3 is 5.97 Å². The van der Waals surface area contributed by atoms with Crippen LogP contribution in [0.2, 0.25) is 0 Å². The number of thioether (sulfide) groups is 2. The van der Waals surface area contributed by atoms with E-state index in [0.29, 0.717) is 11.3 Å². The van der Waals surface area contributed by atoms with Crippen LogP contribution in [-0.2, 0) is 10.5 Å². The lowest BCUT2D eigenvalue weighted by Crippen LogP contribution is -2.07. The van der Waals surface area contributed by atoms with Gasteiger partial charge in [-0.25, -0.2) is 4.79 Å². The molecule has 0 aromatic heterocycles. The summed E-state index contributed by atoms with van der Waals surface area (Å²) >= 11 is 3.12. The number of ether oxygens (including phenoxy) is 3. The van der Waals surface area contributed by atoms with Gasteiger partial charge in [-0.15, -0.1) is 11.8 Å². The number of hydrogen-bond acceptors (Lipinski definition) is 6. The van der Waals surface area contributed by atoms with Crippen LogP contribution in [0.25, 0.3) is 0 Å². The van der Waals surface area contributed by atoms with Crippen LogP contribution in [0.1, 0.15) is 15.9 Å². The summed E-state index contributed by atoms with van der Waals surface area (Å²) in [7, 11) is 0. The van der Waals surface area contributed by atoms with Crippen molar-refractivity contribution in [3.8, 4) is 23.0 Å². The van der Waals surface area contributed by atoms with Gasteiger partial charge in [0.25, 0.3) is 0 Å². The number of hydrogen-bond donors (Lipinski definition) is 0. The summed E-state index contributed by atoms with van der Waals surface area (Å²) < 4.78 is 17.3. The molecule has 0 saturated carbocycles. The molecule has 0 aliphatic rings. The zero-order valence-corrected chi connectivity index (χ0v) is 22.7. The first-order valence-electron chi connectivity index (χ1n) is 12.4. The third kappa shape index (κ3) is 7.93. The van der Waals surface area contributed by atoms with Gasteiger partial charge in [0.2, 0.25) is 0 Å².